The van der Waals surface area contributed by atoms with Crippen molar-refractivity contribution in [2.75, 3.05) is 46.8 Å². The summed E-state index contributed by atoms with van der Waals surface area (Å²) in [5.41, 5.74) is 0.367. The average molecular weight is 227 g/mol. The molecular weight excluding hydrogens is 198 g/mol. The first kappa shape index (κ1) is 13.9. The Balaban J connectivity index is 2.51. The van der Waals surface area contributed by atoms with Gasteiger partial charge in [-0.1, -0.05) is 13.8 Å². The van der Waals surface area contributed by atoms with Crippen LogP contribution in [0.4, 0.5) is 0 Å². The molecule has 16 heavy (non-hydrogen) atoms. The van der Waals surface area contributed by atoms with E-state index in [1.165, 1.54) is 32.6 Å². The molecule has 1 fully saturated rings. The van der Waals surface area contributed by atoms with Crippen molar-refractivity contribution < 1.29 is 0 Å². The van der Waals surface area contributed by atoms with Gasteiger partial charge in [-0.15, -0.1) is 0 Å². The van der Waals surface area contributed by atoms with Crippen molar-refractivity contribution in [3.8, 4) is 0 Å². The molecule has 1 atom stereocenters. The molecule has 0 spiro atoms. The van der Waals surface area contributed by atoms with Crippen LogP contribution in [-0.4, -0.2) is 62.7 Å². The molecule has 1 saturated heterocycles. The van der Waals surface area contributed by atoms with Crippen molar-refractivity contribution in [2.24, 2.45) is 5.41 Å². The van der Waals surface area contributed by atoms with Crippen LogP contribution in [-0.2, 0) is 0 Å². The predicted octanol–water partition coefficient (Wildman–Crippen LogP) is 1.26. The number of hydrogen-bond donors (Lipinski definition) is 1. The zero-order valence-corrected chi connectivity index (χ0v) is 11.7. The average Bonchev–Trinajstić information content (AvgIpc) is 2.28. The van der Waals surface area contributed by atoms with E-state index in [-0.39, 0.29) is 0 Å². The quantitative estimate of drug-likeness (QED) is 0.780. The van der Waals surface area contributed by atoms with Crippen LogP contribution in [0.5, 0.6) is 0 Å². The van der Waals surface area contributed by atoms with E-state index >= 15 is 0 Å². The second-order valence-electron chi connectivity index (χ2n) is 6.13. The second kappa shape index (κ2) is 5.99. The molecule has 1 unspecified atom stereocenters. The van der Waals surface area contributed by atoms with Gasteiger partial charge < -0.3 is 10.2 Å². The topological polar surface area (TPSA) is 18.5 Å². The molecule has 96 valence electrons. The molecule has 3 nitrogen and oxygen atoms in total. The van der Waals surface area contributed by atoms with Crippen LogP contribution < -0.4 is 5.32 Å². The summed E-state index contributed by atoms with van der Waals surface area (Å²) in [6.45, 7) is 13.0. The summed E-state index contributed by atoms with van der Waals surface area (Å²) in [6.07, 6.45) is 1.30. The Labute approximate surface area is 101 Å². The van der Waals surface area contributed by atoms with Crippen molar-refractivity contribution >= 4 is 0 Å². The van der Waals surface area contributed by atoms with E-state index in [1.807, 2.05) is 7.05 Å². The fourth-order valence-electron chi connectivity index (χ4n) is 2.74. The lowest BCUT2D eigenvalue weighted by atomic mass is 9.92. The zero-order valence-electron chi connectivity index (χ0n) is 11.7. The molecule has 0 bridgehead atoms. The fraction of sp³-hybridized carbons (Fsp3) is 1.00. The largest absolute Gasteiger partial charge is 0.319 e. The van der Waals surface area contributed by atoms with Gasteiger partial charge in [0.15, 0.2) is 0 Å². The lowest BCUT2D eigenvalue weighted by Gasteiger charge is -2.35. The van der Waals surface area contributed by atoms with E-state index in [1.54, 1.807) is 0 Å². The monoisotopic (exact) mass is 227 g/mol. The highest BCUT2D eigenvalue weighted by molar-refractivity contribution is 4.81. The maximum absolute atomic E-state index is 3.30. The third-order valence-electron chi connectivity index (χ3n) is 3.47. The smallest absolute Gasteiger partial charge is 0.0195 e. The molecule has 0 radical (unpaired) electrons. The summed E-state index contributed by atoms with van der Waals surface area (Å²) in [7, 11) is 4.28. The predicted molar refractivity (Wildman–Crippen MR) is 70.9 cm³/mol. The molecule has 1 heterocycles. The van der Waals surface area contributed by atoms with Crippen molar-refractivity contribution in [3.63, 3.8) is 0 Å². The van der Waals surface area contributed by atoms with Gasteiger partial charge in [-0.3, -0.25) is 4.90 Å². The van der Waals surface area contributed by atoms with Gasteiger partial charge in [0.05, 0.1) is 0 Å². The first-order valence-electron chi connectivity index (χ1n) is 6.52. The van der Waals surface area contributed by atoms with Crippen molar-refractivity contribution in [1.29, 1.82) is 0 Å². The van der Waals surface area contributed by atoms with Gasteiger partial charge in [-0.05, 0) is 45.9 Å². The third kappa shape index (κ3) is 4.40. The number of nitrogens with zero attached hydrogens (tertiary/aromatic N) is 2. The summed E-state index contributed by atoms with van der Waals surface area (Å²) < 4.78 is 0. The number of likely N-dealkylation sites (N-methyl/N-ethyl adjacent to an activating group) is 1. The summed E-state index contributed by atoms with van der Waals surface area (Å²) in [4.78, 5) is 5.11. The maximum Gasteiger partial charge on any atom is 0.0195 e. The molecule has 0 amide bonds. The first-order valence-corrected chi connectivity index (χ1v) is 6.52. The van der Waals surface area contributed by atoms with Gasteiger partial charge in [-0.2, -0.15) is 0 Å². The van der Waals surface area contributed by atoms with Crippen molar-refractivity contribution in [3.05, 3.63) is 0 Å². The van der Waals surface area contributed by atoms with E-state index < -0.39 is 0 Å². The Bertz CT molecular complexity index is 203. The number of nitrogens with one attached hydrogen (secondary N) is 1. The lowest BCUT2D eigenvalue weighted by molar-refractivity contribution is 0.136. The van der Waals surface area contributed by atoms with E-state index in [0.717, 1.165) is 6.54 Å². The molecule has 0 aromatic carbocycles. The Morgan fingerprint density at radius 3 is 2.62 bits per heavy atom. The van der Waals surface area contributed by atoms with E-state index in [2.05, 4.69) is 42.9 Å². The van der Waals surface area contributed by atoms with Gasteiger partial charge in [-0.25, -0.2) is 0 Å². The van der Waals surface area contributed by atoms with Gasteiger partial charge >= 0.3 is 0 Å². The van der Waals surface area contributed by atoms with Crippen LogP contribution in [0.3, 0.4) is 0 Å². The standard InChI is InChI=1S/C13H29N3/c1-12-9-15(5)7-6-8-16(12)11-13(2,3)10-14-4/h12,14H,6-11H2,1-5H3. The number of rotatable bonds is 4. The highest BCUT2D eigenvalue weighted by Crippen LogP contribution is 2.19. The minimum atomic E-state index is 0.367. The molecule has 0 aliphatic carbocycles. The summed E-state index contributed by atoms with van der Waals surface area (Å²) in [6, 6.07) is 0.684. The van der Waals surface area contributed by atoms with Crippen LogP contribution in [0, 0.1) is 5.41 Å². The van der Waals surface area contributed by atoms with Crippen molar-refractivity contribution in [1.82, 2.24) is 15.1 Å². The maximum atomic E-state index is 3.30. The number of hydrogen-bond acceptors (Lipinski definition) is 3. The van der Waals surface area contributed by atoms with Crippen LogP contribution in [0.15, 0.2) is 0 Å². The Morgan fingerprint density at radius 2 is 2.00 bits per heavy atom. The molecular formula is C13H29N3. The summed E-state index contributed by atoms with van der Waals surface area (Å²) >= 11 is 0. The Hall–Kier alpha value is -0.120. The Morgan fingerprint density at radius 1 is 1.31 bits per heavy atom. The van der Waals surface area contributed by atoms with Crippen LogP contribution >= 0.6 is 0 Å². The zero-order chi connectivity index (χ0) is 12.2. The molecule has 1 aliphatic rings. The molecule has 1 aliphatic heterocycles. The van der Waals surface area contributed by atoms with Crippen molar-refractivity contribution in [2.45, 2.75) is 33.2 Å². The van der Waals surface area contributed by atoms with Crippen LogP contribution in [0.25, 0.3) is 0 Å². The van der Waals surface area contributed by atoms with Gasteiger partial charge in [0.25, 0.3) is 0 Å². The molecule has 3 heteroatoms. The lowest BCUT2D eigenvalue weighted by Crippen LogP contribution is -2.45. The van der Waals surface area contributed by atoms with E-state index in [4.69, 9.17) is 0 Å². The second-order valence-corrected chi connectivity index (χ2v) is 6.13. The minimum Gasteiger partial charge on any atom is -0.319 e. The Kier molecular flexibility index (Phi) is 5.22. The molecule has 0 saturated carbocycles. The van der Waals surface area contributed by atoms with Crippen LogP contribution in [0.2, 0.25) is 0 Å². The van der Waals surface area contributed by atoms with Gasteiger partial charge in [0.1, 0.15) is 0 Å². The van der Waals surface area contributed by atoms with Gasteiger partial charge in [0.2, 0.25) is 0 Å². The van der Waals surface area contributed by atoms with Gasteiger partial charge in [0, 0.05) is 25.7 Å². The fourth-order valence-corrected chi connectivity index (χ4v) is 2.74. The molecule has 0 aromatic rings. The van der Waals surface area contributed by atoms with Crippen LogP contribution in [0.1, 0.15) is 27.2 Å². The van der Waals surface area contributed by atoms with E-state index in [9.17, 15) is 0 Å². The van der Waals surface area contributed by atoms with E-state index in [0.29, 0.717) is 11.5 Å². The molecule has 0 aromatic heterocycles. The normalized spacial score (nSPS) is 25.7. The molecule has 1 rings (SSSR count). The third-order valence-corrected chi connectivity index (χ3v) is 3.47. The summed E-state index contributed by atoms with van der Waals surface area (Å²) in [5.74, 6) is 0. The highest BCUT2D eigenvalue weighted by atomic mass is 15.2. The first-order chi connectivity index (χ1) is 7.44. The molecule has 1 N–H and O–H groups in total. The summed E-state index contributed by atoms with van der Waals surface area (Å²) in [5, 5.41) is 3.30. The highest BCUT2D eigenvalue weighted by Gasteiger charge is 2.26. The minimum absolute atomic E-state index is 0.367. The SMILES string of the molecule is CNCC(C)(C)CN1CCCN(C)CC1C.